The van der Waals surface area contributed by atoms with E-state index in [0.29, 0.717) is 0 Å². The van der Waals surface area contributed by atoms with E-state index in [-0.39, 0.29) is 0 Å². The second-order valence-electron chi connectivity index (χ2n) is 3.63. The van der Waals surface area contributed by atoms with Gasteiger partial charge in [0.25, 0.3) is 20.2 Å². The summed E-state index contributed by atoms with van der Waals surface area (Å²) in [5.41, 5.74) is 0. The standard InChI is InChI=1S/C8H8Cl2O7S2/c1-15-18(11,12)5-6(19(13,14)16-2)8(10)4-3-7(5,9)17-8/h3-4H,1-2H3. The molecule has 2 aliphatic rings. The van der Waals surface area contributed by atoms with Crippen molar-refractivity contribution in [3.05, 3.63) is 22.0 Å². The number of halogens is 2. The number of rotatable bonds is 4. The largest absolute Gasteiger partial charge is 0.320 e. The van der Waals surface area contributed by atoms with Crippen molar-refractivity contribution in [3.8, 4) is 0 Å². The van der Waals surface area contributed by atoms with Gasteiger partial charge in [-0.05, 0) is 12.2 Å². The fraction of sp³-hybridized carbons (Fsp3) is 0.500. The lowest BCUT2D eigenvalue weighted by Crippen LogP contribution is -2.27. The Morgan fingerprint density at radius 3 is 1.53 bits per heavy atom. The molecule has 0 aromatic heterocycles. The minimum Gasteiger partial charge on any atom is -0.320 e. The fourth-order valence-corrected chi connectivity index (χ4v) is 5.67. The quantitative estimate of drug-likeness (QED) is 0.416. The predicted octanol–water partition coefficient (Wildman–Crippen LogP) is 0.621. The van der Waals surface area contributed by atoms with Gasteiger partial charge in [0, 0.05) is 0 Å². The molecule has 2 heterocycles. The lowest BCUT2D eigenvalue weighted by atomic mass is 10.2. The summed E-state index contributed by atoms with van der Waals surface area (Å²) in [6.45, 7) is 0. The second-order valence-corrected chi connectivity index (χ2v) is 8.05. The van der Waals surface area contributed by atoms with Gasteiger partial charge in [0.2, 0.25) is 10.1 Å². The van der Waals surface area contributed by atoms with Crippen molar-refractivity contribution in [2.45, 2.75) is 10.1 Å². The third-order valence-corrected chi connectivity index (χ3v) is 6.60. The second kappa shape index (κ2) is 4.17. The van der Waals surface area contributed by atoms with Crippen LogP contribution in [-0.4, -0.2) is 41.2 Å². The molecule has 108 valence electrons. The highest BCUT2D eigenvalue weighted by atomic mass is 35.5. The van der Waals surface area contributed by atoms with Crippen molar-refractivity contribution in [2.24, 2.45) is 0 Å². The normalized spacial score (nSPS) is 34.3. The molecule has 2 aliphatic heterocycles. The first-order valence-corrected chi connectivity index (χ1v) is 8.24. The maximum Gasteiger partial charge on any atom is 0.298 e. The van der Waals surface area contributed by atoms with Crippen LogP contribution in [0.1, 0.15) is 0 Å². The van der Waals surface area contributed by atoms with Gasteiger partial charge in [0.15, 0.2) is 0 Å². The number of alkyl halides is 2. The van der Waals surface area contributed by atoms with Crippen molar-refractivity contribution < 1.29 is 29.9 Å². The zero-order valence-electron chi connectivity index (χ0n) is 9.58. The first kappa shape index (κ1) is 15.2. The van der Waals surface area contributed by atoms with E-state index in [4.69, 9.17) is 27.9 Å². The van der Waals surface area contributed by atoms with Gasteiger partial charge in [-0.1, -0.05) is 23.2 Å². The van der Waals surface area contributed by atoms with Gasteiger partial charge >= 0.3 is 0 Å². The van der Waals surface area contributed by atoms with Crippen LogP contribution in [-0.2, 0) is 33.3 Å². The summed E-state index contributed by atoms with van der Waals surface area (Å²) in [6, 6.07) is 0. The van der Waals surface area contributed by atoms with Crippen LogP contribution >= 0.6 is 23.2 Å². The Morgan fingerprint density at radius 2 is 1.26 bits per heavy atom. The van der Waals surface area contributed by atoms with Crippen LogP contribution < -0.4 is 0 Å². The van der Waals surface area contributed by atoms with Gasteiger partial charge in [-0.25, -0.2) is 0 Å². The van der Waals surface area contributed by atoms with E-state index in [1.54, 1.807) is 0 Å². The zero-order chi connectivity index (χ0) is 14.7. The molecule has 2 bridgehead atoms. The molecule has 0 saturated carbocycles. The number of hydrogen-bond acceptors (Lipinski definition) is 7. The average molecular weight is 351 g/mol. The van der Waals surface area contributed by atoms with E-state index in [0.717, 1.165) is 26.4 Å². The van der Waals surface area contributed by atoms with Crippen LogP contribution in [0.3, 0.4) is 0 Å². The van der Waals surface area contributed by atoms with Crippen molar-refractivity contribution in [1.29, 1.82) is 0 Å². The number of ether oxygens (including phenoxy) is 1. The fourth-order valence-electron chi connectivity index (χ4n) is 1.79. The molecule has 0 saturated heterocycles. The topological polar surface area (TPSA) is 96.0 Å². The first-order chi connectivity index (χ1) is 8.52. The molecule has 2 atom stereocenters. The van der Waals surface area contributed by atoms with Gasteiger partial charge in [-0.15, -0.1) is 0 Å². The van der Waals surface area contributed by atoms with Crippen LogP contribution in [0.2, 0.25) is 0 Å². The summed E-state index contributed by atoms with van der Waals surface area (Å²) in [5, 5.41) is -4.06. The summed E-state index contributed by atoms with van der Waals surface area (Å²) in [6.07, 6.45) is 2.25. The molecule has 2 unspecified atom stereocenters. The molecule has 0 aromatic carbocycles. The zero-order valence-corrected chi connectivity index (χ0v) is 12.7. The van der Waals surface area contributed by atoms with Gasteiger partial charge in [-0.2, -0.15) is 16.8 Å². The van der Waals surface area contributed by atoms with Crippen LogP contribution in [0.5, 0.6) is 0 Å². The molecular formula is C8H8Cl2O7S2. The Kier molecular flexibility index (Phi) is 3.34. The van der Waals surface area contributed by atoms with Crippen molar-refractivity contribution in [1.82, 2.24) is 0 Å². The maximum atomic E-state index is 11.9. The van der Waals surface area contributed by atoms with Crippen LogP contribution in [0.25, 0.3) is 0 Å². The van der Waals surface area contributed by atoms with E-state index in [1.807, 2.05) is 0 Å². The smallest absolute Gasteiger partial charge is 0.298 e. The molecule has 19 heavy (non-hydrogen) atoms. The Labute approximate surface area is 120 Å². The third kappa shape index (κ3) is 2.04. The molecule has 2 rings (SSSR count). The van der Waals surface area contributed by atoms with Crippen LogP contribution in [0.15, 0.2) is 22.0 Å². The Hall–Kier alpha value is -0.160. The molecule has 7 nitrogen and oxygen atoms in total. The molecule has 11 heteroatoms. The minimum atomic E-state index is -4.44. The van der Waals surface area contributed by atoms with Crippen molar-refractivity contribution in [3.63, 3.8) is 0 Å². The predicted molar refractivity (Wildman–Crippen MR) is 66.3 cm³/mol. The Balaban J connectivity index is 2.86. The summed E-state index contributed by atoms with van der Waals surface area (Å²) < 4.78 is 61.1. The van der Waals surface area contributed by atoms with Gasteiger partial charge < -0.3 is 4.74 Å². The molecule has 0 aliphatic carbocycles. The SMILES string of the molecule is COS(=O)(=O)C1=C(S(=O)(=O)OC)C2(Cl)C=CC1(Cl)O2. The van der Waals surface area contributed by atoms with Crippen molar-refractivity contribution >= 4 is 43.4 Å². The number of hydrogen-bond donors (Lipinski definition) is 0. The lowest BCUT2D eigenvalue weighted by molar-refractivity contribution is 0.0779. The lowest BCUT2D eigenvalue weighted by Gasteiger charge is -2.17. The summed E-state index contributed by atoms with van der Waals surface area (Å²) in [4.78, 5) is -1.60. The van der Waals surface area contributed by atoms with Gasteiger partial charge in [-0.3, -0.25) is 8.37 Å². The van der Waals surface area contributed by atoms with E-state index in [9.17, 15) is 16.8 Å². The van der Waals surface area contributed by atoms with Gasteiger partial charge in [0.1, 0.15) is 9.81 Å². The molecule has 0 aromatic rings. The summed E-state index contributed by atoms with van der Waals surface area (Å²) in [7, 11) is -7.17. The molecule has 0 amide bonds. The molecule has 0 fully saturated rings. The van der Waals surface area contributed by atoms with Gasteiger partial charge in [0.05, 0.1) is 14.2 Å². The molecule has 0 spiro atoms. The molecule has 0 radical (unpaired) electrons. The monoisotopic (exact) mass is 350 g/mol. The van der Waals surface area contributed by atoms with E-state index in [2.05, 4.69) is 8.37 Å². The highest BCUT2D eigenvalue weighted by Crippen LogP contribution is 2.57. The summed E-state index contributed by atoms with van der Waals surface area (Å²) >= 11 is 11.9. The minimum absolute atomic E-state index is 0.802. The first-order valence-electron chi connectivity index (χ1n) is 4.67. The summed E-state index contributed by atoms with van der Waals surface area (Å²) in [5.74, 6) is 0. The highest BCUT2D eigenvalue weighted by molar-refractivity contribution is 7.95. The third-order valence-electron chi connectivity index (χ3n) is 2.57. The molecule has 0 N–H and O–H groups in total. The highest BCUT2D eigenvalue weighted by Gasteiger charge is 2.64. The molecular weight excluding hydrogens is 343 g/mol. The average Bonchev–Trinajstić information content (AvgIpc) is 2.75. The van der Waals surface area contributed by atoms with E-state index in [1.165, 1.54) is 0 Å². The van der Waals surface area contributed by atoms with Crippen molar-refractivity contribution in [2.75, 3.05) is 14.2 Å². The number of fused-ring (bicyclic) bond motifs is 2. The maximum absolute atomic E-state index is 11.9. The Bertz CT molecular complexity index is 635. The van der Waals surface area contributed by atoms with E-state index < -0.39 is 40.2 Å². The Morgan fingerprint density at radius 1 is 0.947 bits per heavy atom. The van der Waals surface area contributed by atoms with Crippen LogP contribution in [0, 0.1) is 0 Å². The van der Waals surface area contributed by atoms with Crippen LogP contribution in [0.4, 0.5) is 0 Å². The van der Waals surface area contributed by atoms with E-state index >= 15 is 0 Å².